The van der Waals surface area contributed by atoms with E-state index in [-0.39, 0.29) is 19.4 Å². The van der Waals surface area contributed by atoms with Gasteiger partial charge in [0.2, 0.25) is 0 Å². The number of carbonyl (C=O) groups excluding carboxylic acids is 2. The number of hydrogen-bond donors (Lipinski definition) is 1. The zero-order chi connectivity index (χ0) is 21.6. The molecule has 158 valence electrons. The number of rotatable bonds is 9. The van der Waals surface area contributed by atoms with Crippen molar-refractivity contribution in [1.29, 1.82) is 0 Å². The van der Waals surface area contributed by atoms with Gasteiger partial charge in [-0.2, -0.15) is 0 Å². The molecule has 0 fully saturated rings. The van der Waals surface area contributed by atoms with Crippen molar-refractivity contribution in [2.45, 2.75) is 66.1 Å². The fraction of sp³-hybridized carbons (Fsp3) is 0.619. The quantitative estimate of drug-likeness (QED) is 0.640. The predicted octanol–water partition coefficient (Wildman–Crippen LogP) is 3.33. The molecule has 0 amide bonds. The molecule has 0 radical (unpaired) electrons. The molecule has 7 heteroatoms. The van der Waals surface area contributed by atoms with E-state index in [1.807, 2.05) is 20.8 Å². The highest BCUT2D eigenvalue weighted by Gasteiger charge is 2.33. The standard InChI is InChI=1S/C21H32O7/c1-12-13(2)20(26-8)18(14(3)19(12)25-7)17(28-16(5)23)11-21(6,24)9-10-27-15(4)22/h17,24H,9-11H2,1-8H3/t17?,21-/m1/s1. The van der Waals surface area contributed by atoms with Crippen LogP contribution in [0.4, 0.5) is 0 Å². The second-order valence-corrected chi connectivity index (χ2v) is 7.24. The van der Waals surface area contributed by atoms with E-state index < -0.39 is 23.6 Å². The summed E-state index contributed by atoms with van der Waals surface area (Å²) in [5.74, 6) is 0.394. The molecular formula is C21H32O7. The molecule has 0 bridgehead atoms. The smallest absolute Gasteiger partial charge is 0.303 e. The molecule has 0 saturated heterocycles. The highest BCUT2D eigenvalue weighted by Crippen LogP contribution is 2.44. The van der Waals surface area contributed by atoms with Crippen molar-refractivity contribution in [3.8, 4) is 11.5 Å². The monoisotopic (exact) mass is 396 g/mol. The maximum Gasteiger partial charge on any atom is 0.303 e. The Balaban J connectivity index is 3.39. The van der Waals surface area contributed by atoms with E-state index in [4.69, 9.17) is 18.9 Å². The van der Waals surface area contributed by atoms with E-state index in [0.29, 0.717) is 17.1 Å². The molecule has 0 spiro atoms. The number of carbonyl (C=O) groups is 2. The SMILES string of the molecule is COc1c(C)c(C)c(OC)c(C(C[C@](C)(O)CCOC(C)=O)OC(C)=O)c1C. The summed E-state index contributed by atoms with van der Waals surface area (Å²) in [7, 11) is 3.14. The first-order valence-electron chi connectivity index (χ1n) is 9.19. The molecule has 1 unspecified atom stereocenters. The van der Waals surface area contributed by atoms with Gasteiger partial charge in [-0.05, 0) is 38.8 Å². The first-order chi connectivity index (χ1) is 12.9. The Hall–Kier alpha value is -2.28. The Morgan fingerprint density at radius 3 is 1.96 bits per heavy atom. The van der Waals surface area contributed by atoms with Crippen LogP contribution in [-0.2, 0) is 19.1 Å². The maximum absolute atomic E-state index is 11.8. The summed E-state index contributed by atoms with van der Waals surface area (Å²) in [6.07, 6.45) is -0.447. The summed E-state index contributed by atoms with van der Waals surface area (Å²) in [6.45, 7) is 10.0. The van der Waals surface area contributed by atoms with Crippen LogP contribution in [0.3, 0.4) is 0 Å². The molecule has 1 aromatic rings. The summed E-state index contributed by atoms with van der Waals surface area (Å²) in [5.41, 5.74) is 2.01. The summed E-state index contributed by atoms with van der Waals surface area (Å²) in [4.78, 5) is 22.8. The molecular weight excluding hydrogens is 364 g/mol. The zero-order valence-electron chi connectivity index (χ0n) is 18.1. The van der Waals surface area contributed by atoms with Gasteiger partial charge in [0.15, 0.2) is 0 Å². The molecule has 0 aliphatic rings. The predicted molar refractivity (Wildman–Crippen MR) is 105 cm³/mol. The number of aliphatic hydroxyl groups is 1. The molecule has 0 aliphatic carbocycles. The van der Waals surface area contributed by atoms with Crippen LogP contribution in [0.25, 0.3) is 0 Å². The van der Waals surface area contributed by atoms with E-state index in [1.165, 1.54) is 13.8 Å². The van der Waals surface area contributed by atoms with Gasteiger partial charge in [0.05, 0.1) is 26.4 Å². The maximum atomic E-state index is 11.8. The molecule has 0 heterocycles. The van der Waals surface area contributed by atoms with Crippen LogP contribution >= 0.6 is 0 Å². The van der Waals surface area contributed by atoms with Crippen LogP contribution in [-0.4, -0.2) is 43.5 Å². The van der Waals surface area contributed by atoms with Crippen LogP contribution in [0.2, 0.25) is 0 Å². The molecule has 28 heavy (non-hydrogen) atoms. The summed E-state index contributed by atoms with van der Waals surface area (Å²) in [5, 5.41) is 10.8. The normalized spacial score (nSPS) is 14.0. The lowest BCUT2D eigenvalue weighted by molar-refractivity contribution is -0.150. The van der Waals surface area contributed by atoms with Gasteiger partial charge < -0.3 is 24.1 Å². The molecule has 1 N–H and O–H groups in total. The van der Waals surface area contributed by atoms with Gasteiger partial charge in [-0.15, -0.1) is 0 Å². The summed E-state index contributed by atoms with van der Waals surface area (Å²) >= 11 is 0. The average molecular weight is 396 g/mol. The van der Waals surface area contributed by atoms with E-state index in [0.717, 1.165) is 16.7 Å². The average Bonchev–Trinajstić information content (AvgIpc) is 2.56. The van der Waals surface area contributed by atoms with Crippen LogP contribution in [0.15, 0.2) is 0 Å². The van der Waals surface area contributed by atoms with Crippen LogP contribution < -0.4 is 9.47 Å². The van der Waals surface area contributed by atoms with E-state index in [2.05, 4.69) is 0 Å². The van der Waals surface area contributed by atoms with E-state index in [1.54, 1.807) is 21.1 Å². The highest BCUT2D eigenvalue weighted by molar-refractivity contribution is 5.67. The van der Waals surface area contributed by atoms with Crippen molar-refractivity contribution in [2.24, 2.45) is 0 Å². The number of esters is 2. The minimum absolute atomic E-state index is 0.0709. The molecule has 0 aliphatic heterocycles. The van der Waals surface area contributed by atoms with Gasteiger partial charge in [-0.3, -0.25) is 9.59 Å². The molecule has 7 nitrogen and oxygen atoms in total. The molecule has 1 aromatic carbocycles. The van der Waals surface area contributed by atoms with Gasteiger partial charge in [0.1, 0.15) is 17.6 Å². The Bertz CT molecular complexity index is 722. The third-order valence-electron chi connectivity index (χ3n) is 4.84. The lowest BCUT2D eigenvalue weighted by atomic mass is 9.87. The van der Waals surface area contributed by atoms with Gasteiger partial charge in [-0.1, -0.05) is 0 Å². The largest absolute Gasteiger partial charge is 0.496 e. The third-order valence-corrected chi connectivity index (χ3v) is 4.84. The lowest BCUT2D eigenvalue weighted by Gasteiger charge is -2.31. The number of benzene rings is 1. The van der Waals surface area contributed by atoms with Crippen molar-refractivity contribution in [2.75, 3.05) is 20.8 Å². The first-order valence-corrected chi connectivity index (χ1v) is 9.19. The number of ether oxygens (including phenoxy) is 4. The molecule has 0 saturated carbocycles. The third kappa shape index (κ3) is 5.86. The van der Waals surface area contributed by atoms with E-state index >= 15 is 0 Å². The second kappa shape index (κ2) is 9.78. The first kappa shape index (κ1) is 23.8. The molecule has 0 aromatic heterocycles. The topological polar surface area (TPSA) is 91.3 Å². The zero-order valence-corrected chi connectivity index (χ0v) is 18.1. The minimum Gasteiger partial charge on any atom is -0.496 e. The van der Waals surface area contributed by atoms with Gasteiger partial charge in [0.25, 0.3) is 0 Å². The van der Waals surface area contributed by atoms with Crippen molar-refractivity contribution < 1.29 is 33.6 Å². The molecule has 2 atom stereocenters. The van der Waals surface area contributed by atoms with Crippen molar-refractivity contribution >= 4 is 11.9 Å². The Morgan fingerprint density at radius 2 is 1.50 bits per heavy atom. The Morgan fingerprint density at radius 1 is 0.964 bits per heavy atom. The van der Waals surface area contributed by atoms with E-state index in [9.17, 15) is 14.7 Å². The van der Waals surface area contributed by atoms with Gasteiger partial charge in [0, 0.05) is 37.8 Å². The van der Waals surface area contributed by atoms with Gasteiger partial charge >= 0.3 is 11.9 Å². The number of methoxy groups -OCH3 is 2. The summed E-state index contributed by atoms with van der Waals surface area (Å²) in [6, 6.07) is 0. The lowest BCUT2D eigenvalue weighted by Crippen LogP contribution is -2.31. The van der Waals surface area contributed by atoms with Crippen LogP contribution in [0, 0.1) is 20.8 Å². The Kier molecular flexibility index (Phi) is 8.29. The second-order valence-electron chi connectivity index (χ2n) is 7.24. The van der Waals surface area contributed by atoms with Crippen molar-refractivity contribution in [3.05, 3.63) is 22.3 Å². The minimum atomic E-state index is -1.24. The fourth-order valence-electron chi connectivity index (χ4n) is 3.39. The number of hydrogen-bond acceptors (Lipinski definition) is 7. The highest BCUT2D eigenvalue weighted by atomic mass is 16.5. The summed E-state index contributed by atoms with van der Waals surface area (Å²) < 4.78 is 21.7. The van der Waals surface area contributed by atoms with Crippen LogP contribution in [0.1, 0.15) is 62.0 Å². The van der Waals surface area contributed by atoms with Gasteiger partial charge in [-0.25, -0.2) is 0 Å². The fourth-order valence-corrected chi connectivity index (χ4v) is 3.39. The Labute approximate surface area is 166 Å². The molecule has 1 rings (SSSR count). The van der Waals surface area contributed by atoms with Crippen LogP contribution in [0.5, 0.6) is 11.5 Å². The van der Waals surface area contributed by atoms with Crippen molar-refractivity contribution in [1.82, 2.24) is 0 Å². The van der Waals surface area contributed by atoms with Crippen molar-refractivity contribution in [3.63, 3.8) is 0 Å².